The maximum absolute atomic E-state index is 11.9. The van der Waals surface area contributed by atoms with E-state index in [1.165, 1.54) is 11.8 Å². The van der Waals surface area contributed by atoms with Crippen molar-refractivity contribution in [2.45, 2.75) is 31.6 Å². The molecule has 1 heterocycles. The zero-order valence-corrected chi connectivity index (χ0v) is 11.5. The van der Waals surface area contributed by atoms with Crippen molar-refractivity contribution in [1.82, 2.24) is 0 Å². The predicted molar refractivity (Wildman–Crippen MR) is 74.4 cm³/mol. The van der Waals surface area contributed by atoms with Crippen molar-refractivity contribution in [1.29, 1.82) is 0 Å². The minimum Gasteiger partial charge on any atom is -0.311 e. The summed E-state index contributed by atoms with van der Waals surface area (Å²) in [6.45, 7) is 4.67. The van der Waals surface area contributed by atoms with Crippen LogP contribution in [0, 0.1) is 0 Å². The molecule has 0 spiro atoms. The molecule has 1 amide bonds. The van der Waals surface area contributed by atoms with Gasteiger partial charge >= 0.3 is 0 Å². The van der Waals surface area contributed by atoms with Crippen molar-refractivity contribution < 1.29 is 9.59 Å². The van der Waals surface area contributed by atoms with E-state index >= 15 is 0 Å². The third-order valence-corrected chi connectivity index (χ3v) is 4.02. The van der Waals surface area contributed by atoms with Crippen LogP contribution in [0.1, 0.15) is 37.0 Å². The van der Waals surface area contributed by atoms with Crippen LogP contribution in [-0.4, -0.2) is 24.0 Å². The molecule has 0 saturated carbocycles. The first-order chi connectivity index (χ1) is 8.67. The van der Waals surface area contributed by atoms with Crippen LogP contribution in [0.4, 0.5) is 5.69 Å². The summed E-state index contributed by atoms with van der Waals surface area (Å²) in [7, 11) is 0. The quantitative estimate of drug-likeness (QED) is 0.783. The summed E-state index contributed by atoms with van der Waals surface area (Å²) in [6, 6.07) is 5.64. The Bertz CT molecular complexity index is 485. The summed E-state index contributed by atoms with van der Waals surface area (Å²) in [5, 5.41) is 0. The number of ketones is 1. The van der Waals surface area contributed by atoms with E-state index in [4.69, 9.17) is 0 Å². The second kappa shape index (κ2) is 5.57. The fourth-order valence-electron chi connectivity index (χ4n) is 2.05. The minimum absolute atomic E-state index is 0.150. The lowest BCUT2D eigenvalue weighted by Crippen LogP contribution is -2.35. The lowest BCUT2D eigenvalue weighted by molar-refractivity contribution is -0.116. The van der Waals surface area contributed by atoms with Gasteiger partial charge in [-0.1, -0.05) is 13.8 Å². The molecular weight excluding hydrogens is 246 g/mol. The molecule has 2 rings (SSSR count). The maximum Gasteiger partial charge on any atom is 0.237 e. The van der Waals surface area contributed by atoms with Gasteiger partial charge in [-0.05, 0) is 24.6 Å². The summed E-state index contributed by atoms with van der Waals surface area (Å²) in [4.78, 5) is 26.4. The zero-order valence-electron chi connectivity index (χ0n) is 10.7. The van der Waals surface area contributed by atoms with Gasteiger partial charge in [-0.15, -0.1) is 11.8 Å². The normalized spacial score (nSPS) is 14.6. The molecule has 4 heteroatoms. The molecule has 96 valence electrons. The Morgan fingerprint density at radius 1 is 1.39 bits per heavy atom. The molecule has 1 aromatic carbocycles. The zero-order chi connectivity index (χ0) is 13.1. The third-order valence-electron chi connectivity index (χ3n) is 2.99. The number of thioether (sulfide) groups is 1. The van der Waals surface area contributed by atoms with Gasteiger partial charge in [-0.2, -0.15) is 0 Å². The fourth-order valence-corrected chi connectivity index (χ4v) is 3.02. The van der Waals surface area contributed by atoms with E-state index < -0.39 is 0 Å². The standard InChI is InChI=1S/C14H17NO2S/c1-3-7-15-11-6-5-10(12(16)4-2)8-13(11)18-9-14(15)17/h5-6,8H,3-4,7,9H2,1-2H3. The van der Waals surface area contributed by atoms with Crippen LogP contribution in [-0.2, 0) is 4.79 Å². The van der Waals surface area contributed by atoms with Crippen molar-refractivity contribution in [3.05, 3.63) is 23.8 Å². The maximum atomic E-state index is 11.9. The van der Waals surface area contributed by atoms with Gasteiger partial charge in [0.2, 0.25) is 5.91 Å². The average molecular weight is 263 g/mol. The predicted octanol–water partition coefficient (Wildman–Crippen LogP) is 3.13. The number of hydrogen-bond acceptors (Lipinski definition) is 3. The van der Waals surface area contributed by atoms with Crippen molar-refractivity contribution in [3.63, 3.8) is 0 Å². The molecule has 0 bridgehead atoms. The summed E-state index contributed by atoms with van der Waals surface area (Å²) in [5.74, 6) is 0.776. The van der Waals surface area contributed by atoms with E-state index in [0.717, 1.165) is 29.1 Å². The Morgan fingerprint density at radius 2 is 2.17 bits per heavy atom. The van der Waals surface area contributed by atoms with Crippen LogP contribution in [0.5, 0.6) is 0 Å². The van der Waals surface area contributed by atoms with Gasteiger partial charge in [0.05, 0.1) is 11.4 Å². The molecule has 0 unspecified atom stereocenters. The number of nitrogens with zero attached hydrogens (tertiary/aromatic N) is 1. The first-order valence-electron chi connectivity index (χ1n) is 6.27. The van der Waals surface area contributed by atoms with Gasteiger partial charge in [0.1, 0.15) is 0 Å². The lowest BCUT2D eigenvalue weighted by atomic mass is 10.1. The molecule has 3 nitrogen and oxygen atoms in total. The summed E-state index contributed by atoms with van der Waals surface area (Å²) >= 11 is 1.53. The monoisotopic (exact) mass is 263 g/mol. The highest BCUT2D eigenvalue weighted by Crippen LogP contribution is 2.36. The second-order valence-corrected chi connectivity index (χ2v) is 5.31. The number of carbonyl (C=O) groups excluding carboxylic acids is 2. The number of benzene rings is 1. The van der Waals surface area contributed by atoms with Gasteiger partial charge in [0.25, 0.3) is 0 Å². The van der Waals surface area contributed by atoms with Crippen LogP contribution in [0.2, 0.25) is 0 Å². The second-order valence-electron chi connectivity index (χ2n) is 4.29. The van der Waals surface area contributed by atoms with Gasteiger partial charge < -0.3 is 4.90 Å². The molecule has 0 atom stereocenters. The number of fused-ring (bicyclic) bond motifs is 1. The number of rotatable bonds is 4. The Labute approximate surface area is 112 Å². The van der Waals surface area contributed by atoms with Crippen LogP contribution in [0.25, 0.3) is 0 Å². The van der Waals surface area contributed by atoms with E-state index in [0.29, 0.717) is 12.2 Å². The Kier molecular flexibility index (Phi) is 4.07. The molecule has 0 aliphatic carbocycles. The summed E-state index contributed by atoms with van der Waals surface area (Å²) in [5.41, 5.74) is 1.69. The molecule has 0 N–H and O–H groups in total. The first-order valence-corrected chi connectivity index (χ1v) is 7.26. The van der Waals surface area contributed by atoms with Crippen LogP contribution in [0.3, 0.4) is 0 Å². The minimum atomic E-state index is 0.150. The molecule has 0 radical (unpaired) electrons. The van der Waals surface area contributed by atoms with E-state index in [2.05, 4.69) is 6.92 Å². The molecular formula is C14H17NO2S. The summed E-state index contributed by atoms with van der Waals surface area (Å²) in [6.07, 6.45) is 1.45. The molecule has 0 fully saturated rings. The van der Waals surface area contributed by atoms with Gasteiger partial charge in [0.15, 0.2) is 5.78 Å². The van der Waals surface area contributed by atoms with Gasteiger partial charge in [0, 0.05) is 23.4 Å². The fraction of sp³-hybridized carbons (Fsp3) is 0.429. The van der Waals surface area contributed by atoms with E-state index in [1.807, 2.05) is 30.0 Å². The largest absolute Gasteiger partial charge is 0.311 e. The number of hydrogen-bond donors (Lipinski definition) is 0. The van der Waals surface area contributed by atoms with Crippen LogP contribution in [0.15, 0.2) is 23.1 Å². The van der Waals surface area contributed by atoms with Crippen molar-refractivity contribution >= 4 is 29.1 Å². The Balaban J connectivity index is 2.36. The number of Topliss-reactive ketones (excluding diaryl/α,β-unsaturated/α-hetero) is 1. The van der Waals surface area contributed by atoms with E-state index in [1.54, 1.807) is 0 Å². The highest BCUT2D eigenvalue weighted by molar-refractivity contribution is 8.00. The molecule has 1 aliphatic heterocycles. The lowest BCUT2D eigenvalue weighted by Gasteiger charge is -2.28. The SMILES string of the molecule is CCCN1C(=O)CSc2cc(C(=O)CC)ccc21. The van der Waals surface area contributed by atoms with Gasteiger partial charge in [-0.3, -0.25) is 9.59 Å². The molecule has 0 aromatic heterocycles. The molecule has 1 aromatic rings. The van der Waals surface area contributed by atoms with Crippen molar-refractivity contribution in [2.24, 2.45) is 0 Å². The van der Waals surface area contributed by atoms with Crippen molar-refractivity contribution in [2.75, 3.05) is 17.2 Å². The number of amides is 1. The topological polar surface area (TPSA) is 37.4 Å². The average Bonchev–Trinajstić information content (AvgIpc) is 2.40. The Hall–Kier alpha value is -1.29. The highest BCUT2D eigenvalue weighted by atomic mass is 32.2. The Morgan fingerprint density at radius 3 is 2.83 bits per heavy atom. The van der Waals surface area contributed by atoms with Crippen LogP contribution < -0.4 is 4.90 Å². The van der Waals surface area contributed by atoms with Crippen LogP contribution >= 0.6 is 11.8 Å². The highest BCUT2D eigenvalue weighted by Gasteiger charge is 2.24. The summed E-state index contributed by atoms with van der Waals surface area (Å²) < 4.78 is 0. The van der Waals surface area contributed by atoms with E-state index in [-0.39, 0.29) is 11.7 Å². The number of carbonyl (C=O) groups is 2. The number of anilines is 1. The smallest absolute Gasteiger partial charge is 0.237 e. The third kappa shape index (κ3) is 2.43. The molecule has 0 saturated heterocycles. The van der Waals surface area contributed by atoms with E-state index in [9.17, 15) is 9.59 Å². The first kappa shape index (κ1) is 13.1. The van der Waals surface area contributed by atoms with Gasteiger partial charge in [-0.25, -0.2) is 0 Å². The molecule has 18 heavy (non-hydrogen) atoms. The molecule has 1 aliphatic rings. The van der Waals surface area contributed by atoms with Crippen molar-refractivity contribution in [3.8, 4) is 0 Å².